The molecule has 1 heterocycles. The largest absolute Gasteiger partial charge is 0.488 e. The van der Waals surface area contributed by atoms with Crippen molar-refractivity contribution in [3.63, 3.8) is 0 Å². The van der Waals surface area contributed by atoms with Crippen LogP contribution in [0.2, 0.25) is 5.28 Å². The Morgan fingerprint density at radius 2 is 2.23 bits per heavy atom. The maximum absolute atomic E-state index is 8.91. The van der Waals surface area contributed by atoms with Crippen LogP contribution in [-0.4, -0.2) is 21.7 Å². The highest BCUT2D eigenvalue weighted by Crippen LogP contribution is 2.24. The Bertz CT molecular complexity index is 306. The Hall–Kier alpha value is -1.07. The summed E-state index contributed by atoms with van der Waals surface area (Å²) in [5.41, 5.74) is 5.82. The number of halogens is 1. The predicted molar refractivity (Wildman–Crippen MR) is 48.5 cm³/mol. The molecule has 6 heteroatoms. The number of nitrogens with two attached hydrogens (primary N) is 1. The lowest BCUT2D eigenvalue weighted by Gasteiger charge is -2.09. The summed E-state index contributed by atoms with van der Waals surface area (Å²) in [6.07, 6.45) is 0. The molecular formula is C7H10ClN3O2. The van der Waals surface area contributed by atoms with Gasteiger partial charge in [0.25, 0.3) is 0 Å². The van der Waals surface area contributed by atoms with Gasteiger partial charge < -0.3 is 15.6 Å². The predicted octanol–water partition coefficient (Wildman–Crippen LogP) is 0.603. The molecule has 0 amide bonds. The van der Waals surface area contributed by atoms with Crippen LogP contribution in [-0.2, 0) is 6.61 Å². The summed E-state index contributed by atoms with van der Waals surface area (Å²) < 4.78 is 5.15. The normalized spacial score (nSPS) is 10.1. The second kappa shape index (κ2) is 4.25. The average molecular weight is 204 g/mol. The molecule has 0 unspecified atom stereocenters. The lowest BCUT2D eigenvalue weighted by Crippen LogP contribution is -2.05. The quantitative estimate of drug-likeness (QED) is 0.704. The maximum Gasteiger partial charge on any atom is 0.224 e. The van der Waals surface area contributed by atoms with Gasteiger partial charge in [0, 0.05) is 0 Å². The van der Waals surface area contributed by atoms with Gasteiger partial charge in [-0.25, -0.2) is 4.98 Å². The minimum atomic E-state index is -0.276. The van der Waals surface area contributed by atoms with Crippen molar-refractivity contribution in [2.24, 2.45) is 0 Å². The number of rotatable bonds is 3. The molecule has 1 aromatic rings. The molecule has 13 heavy (non-hydrogen) atoms. The fourth-order valence-electron chi connectivity index (χ4n) is 0.894. The summed E-state index contributed by atoms with van der Waals surface area (Å²) in [4.78, 5) is 7.47. The number of nitrogens with zero attached hydrogens (tertiary/aromatic N) is 2. The van der Waals surface area contributed by atoms with E-state index in [1.165, 1.54) is 0 Å². The Morgan fingerprint density at radius 1 is 1.54 bits per heavy atom. The third kappa shape index (κ3) is 2.19. The minimum absolute atomic E-state index is 0.00463. The van der Waals surface area contributed by atoms with Crippen LogP contribution in [0.3, 0.4) is 0 Å². The van der Waals surface area contributed by atoms with E-state index in [9.17, 15) is 0 Å². The number of hydrogen-bond acceptors (Lipinski definition) is 5. The molecule has 0 saturated carbocycles. The number of aliphatic hydroxyl groups excluding tert-OH is 1. The van der Waals surface area contributed by atoms with Crippen molar-refractivity contribution in [1.82, 2.24) is 9.97 Å². The highest BCUT2D eigenvalue weighted by molar-refractivity contribution is 6.28. The Morgan fingerprint density at radius 3 is 2.77 bits per heavy atom. The van der Waals surface area contributed by atoms with E-state index in [4.69, 9.17) is 27.2 Å². The van der Waals surface area contributed by atoms with Crippen molar-refractivity contribution in [3.05, 3.63) is 11.0 Å². The molecule has 0 aliphatic rings. The summed E-state index contributed by atoms with van der Waals surface area (Å²) in [7, 11) is 0. The Balaban J connectivity index is 3.13. The molecule has 0 atom stereocenters. The van der Waals surface area contributed by atoms with Gasteiger partial charge in [0.05, 0.1) is 13.2 Å². The number of nitrogen functional groups attached to an aromatic ring is 1. The van der Waals surface area contributed by atoms with Crippen LogP contribution in [0.25, 0.3) is 0 Å². The lowest BCUT2D eigenvalue weighted by molar-refractivity contribution is 0.261. The summed E-state index contributed by atoms with van der Waals surface area (Å²) in [6, 6.07) is 0. The van der Waals surface area contributed by atoms with Crippen molar-refractivity contribution in [2.75, 3.05) is 12.3 Å². The Kier molecular flexibility index (Phi) is 3.27. The molecule has 3 N–H and O–H groups in total. The van der Waals surface area contributed by atoms with E-state index < -0.39 is 0 Å². The van der Waals surface area contributed by atoms with Crippen LogP contribution in [0, 0.1) is 0 Å². The molecule has 5 nitrogen and oxygen atoms in total. The monoisotopic (exact) mass is 203 g/mol. The first kappa shape index (κ1) is 10.0. The fraction of sp³-hybridized carbons (Fsp3) is 0.429. The van der Waals surface area contributed by atoms with Crippen molar-refractivity contribution in [3.8, 4) is 5.75 Å². The summed E-state index contributed by atoms with van der Waals surface area (Å²) in [5, 5.41) is 8.91. The highest BCUT2D eigenvalue weighted by atomic mass is 35.5. The molecule has 0 aliphatic heterocycles. The van der Waals surface area contributed by atoms with E-state index in [1.54, 1.807) is 6.92 Å². The van der Waals surface area contributed by atoms with Crippen molar-refractivity contribution in [2.45, 2.75) is 13.5 Å². The van der Waals surface area contributed by atoms with E-state index in [2.05, 4.69) is 9.97 Å². The minimum Gasteiger partial charge on any atom is -0.488 e. The van der Waals surface area contributed by atoms with Gasteiger partial charge in [-0.3, -0.25) is 0 Å². The zero-order valence-electron chi connectivity index (χ0n) is 7.12. The lowest BCUT2D eigenvalue weighted by atomic mass is 10.3. The fourth-order valence-corrected chi connectivity index (χ4v) is 1.09. The van der Waals surface area contributed by atoms with Gasteiger partial charge in [0.1, 0.15) is 5.69 Å². The zero-order valence-corrected chi connectivity index (χ0v) is 7.88. The van der Waals surface area contributed by atoms with Gasteiger partial charge in [-0.15, -0.1) is 0 Å². The first-order valence-electron chi connectivity index (χ1n) is 3.74. The first-order chi connectivity index (χ1) is 6.19. The van der Waals surface area contributed by atoms with Gasteiger partial charge in [-0.1, -0.05) is 0 Å². The van der Waals surface area contributed by atoms with E-state index >= 15 is 0 Å². The van der Waals surface area contributed by atoms with Crippen LogP contribution >= 0.6 is 11.6 Å². The molecule has 0 aliphatic carbocycles. The molecular weight excluding hydrogens is 194 g/mol. The average Bonchev–Trinajstić information content (AvgIpc) is 2.09. The van der Waals surface area contributed by atoms with Crippen molar-refractivity contribution < 1.29 is 9.84 Å². The van der Waals surface area contributed by atoms with E-state index in [1.807, 2.05) is 0 Å². The second-order valence-corrected chi connectivity index (χ2v) is 2.58. The van der Waals surface area contributed by atoms with E-state index in [-0.39, 0.29) is 17.7 Å². The second-order valence-electron chi connectivity index (χ2n) is 2.24. The van der Waals surface area contributed by atoms with Crippen LogP contribution in [0.5, 0.6) is 5.75 Å². The third-order valence-electron chi connectivity index (χ3n) is 1.37. The Labute approximate surface area is 80.5 Å². The van der Waals surface area contributed by atoms with Gasteiger partial charge in [0.15, 0.2) is 11.6 Å². The van der Waals surface area contributed by atoms with Gasteiger partial charge in [-0.2, -0.15) is 4.98 Å². The van der Waals surface area contributed by atoms with Crippen LogP contribution < -0.4 is 10.5 Å². The van der Waals surface area contributed by atoms with Crippen molar-refractivity contribution in [1.29, 1.82) is 0 Å². The zero-order chi connectivity index (χ0) is 9.84. The van der Waals surface area contributed by atoms with Crippen molar-refractivity contribution >= 4 is 17.4 Å². The SMILES string of the molecule is CCOc1c(N)nc(Cl)nc1CO. The van der Waals surface area contributed by atoms with Crippen LogP contribution in [0.1, 0.15) is 12.6 Å². The van der Waals surface area contributed by atoms with Gasteiger partial charge in [-0.05, 0) is 18.5 Å². The molecule has 72 valence electrons. The molecule has 0 fully saturated rings. The van der Waals surface area contributed by atoms with Gasteiger partial charge in [0.2, 0.25) is 5.28 Å². The molecule has 0 spiro atoms. The molecule has 0 saturated heterocycles. The number of aliphatic hydroxyl groups is 1. The maximum atomic E-state index is 8.91. The molecule has 0 aromatic carbocycles. The summed E-state index contributed by atoms with van der Waals surface area (Å²) in [5.74, 6) is 0.445. The highest BCUT2D eigenvalue weighted by Gasteiger charge is 2.11. The number of anilines is 1. The molecule has 0 radical (unpaired) electrons. The number of aromatic nitrogens is 2. The first-order valence-corrected chi connectivity index (χ1v) is 4.12. The molecule has 1 aromatic heterocycles. The summed E-state index contributed by atoms with van der Waals surface area (Å²) in [6.45, 7) is 1.96. The molecule has 0 bridgehead atoms. The van der Waals surface area contributed by atoms with Crippen LogP contribution in [0.4, 0.5) is 5.82 Å². The third-order valence-corrected chi connectivity index (χ3v) is 1.54. The standard InChI is InChI=1S/C7H10ClN3O2/c1-2-13-5-4(3-12)10-7(8)11-6(5)9/h12H,2-3H2,1H3,(H2,9,10,11). The topological polar surface area (TPSA) is 81.3 Å². The number of ether oxygens (including phenoxy) is 1. The van der Waals surface area contributed by atoms with Crippen LogP contribution in [0.15, 0.2) is 0 Å². The van der Waals surface area contributed by atoms with Gasteiger partial charge >= 0.3 is 0 Å². The van der Waals surface area contributed by atoms with E-state index in [0.717, 1.165) is 0 Å². The molecule has 1 rings (SSSR count). The smallest absolute Gasteiger partial charge is 0.224 e. The number of hydrogen-bond donors (Lipinski definition) is 2. The van der Waals surface area contributed by atoms with E-state index in [0.29, 0.717) is 18.1 Å². The summed E-state index contributed by atoms with van der Waals surface area (Å²) >= 11 is 5.53.